The molecule has 0 saturated heterocycles. The monoisotopic (exact) mass is 418 g/mol. The van der Waals surface area contributed by atoms with Crippen LogP contribution in [0, 0.1) is 0 Å². The minimum absolute atomic E-state index is 0.00229. The van der Waals surface area contributed by atoms with E-state index in [4.69, 9.17) is 14.7 Å². The van der Waals surface area contributed by atoms with Gasteiger partial charge in [0.15, 0.2) is 0 Å². The zero-order valence-electron chi connectivity index (χ0n) is 16.5. The van der Waals surface area contributed by atoms with Crippen molar-refractivity contribution in [2.45, 2.75) is 51.8 Å². The Morgan fingerprint density at radius 3 is 2.24 bits per heavy atom. The minimum Gasteiger partial charge on any atom is -0.481 e. The van der Waals surface area contributed by atoms with Gasteiger partial charge in [-0.15, -0.1) is 0 Å². The number of hydrogen-bond donors (Lipinski definition) is 2. The molecular formula is C19H25F3N2O5. The molecule has 0 radical (unpaired) electrons. The normalized spacial score (nSPS) is 12.4. The van der Waals surface area contributed by atoms with Crippen LogP contribution in [0.2, 0.25) is 0 Å². The number of amides is 1. The predicted molar refractivity (Wildman–Crippen MR) is 99.7 cm³/mol. The summed E-state index contributed by atoms with van der Waals surface area (Å²) >= 11 is 0. The summed E-state index contributed by atoms with van der Waals surface area (Å²) in [4.78, 5) is 27.3. The first-order valence-corrected chi connectivity index (χ1v) is 8.93. The Kier molecular flexibility index (Phi) is 8.93. The Morgan fingerprint density at radius 1 is 1.10 bits per heavy atom. The molecule has 10 heteroatoms. The summed E-state index contributed by atoms with van der Waals surface area (Å²) in [6.45, 7) is 5.28. The van der Waals surface area contributed by atoms with Crippen LogP contribution in [0.25, 0.3) is 0 Å². The van der Waals surface area contributed by atoms with Crippen molar-refractivity contribution in [2.24, 2.45) is 5.16 Å². The lowest BCUT2D eigenvalue weighted by atomic mass is 10.0. The van der Waals surface area contributed by atoms with E-state index >= 15 is 0 Å². The van der Waals surface area contributed by atoms with Gasteiger partial charge in [-0.3, -0.25) is 4.79 Å². The summed E-state index contributed by atoms with van der Waals surface area (Å²) in [5.74, 6) is -0.987. The highest BCUT2D eigenvalue weighted by Crippen LogP contribution is 2.29. The predicted octanol–water partition coefficient (Wildman–Crippen LogP) is 4.21. The number of alkyl halides is 3. The third-order valence-electron chi connectivity index (χ3n) is 3.39. The van der Waals surface area contributed by atoms with Gasteiger partial charge >= 0.3 is 18.2 Å². The zero-order valence-corrected chi connectivity index (χ0v) is 16.5. The van der Waals surface area contributed by atoms with Crippen molar-refractivity contribution < 1.29 is 37.4 Å². The number of carbonyl (C=O) groups is 2. The van der Waals surface area contributed by atoms with Gasteiger partial charge in [0.1, 0.15) is 12.2 Å². The van der Waals surface area contributed by atoms with Crippen molar-refractivity contribution in [2.75, 3.05) is 13.2 Å². The van der Waals surface area contributed by atoms with Gasteiger partial charge in [-0.2, -0.15) is 13.2 Å². The Labute approximate surface area is 166 Å². The van der Waals surface area contributed by atoms with Crippen molar-refractivity contribution in [3.63, 3.8) is 0 Å². The van der Waals surface area contributed by atoms with Crippen molar-refractivity contribution >= 4 is 17.8 Å². The van der Waals surface area contributed by atoms with E-state index in [2.05, 4.69) is 10.5 Å². The van der Waals surface area contributed by atoms with Crippen molar-refractivity contribution in [3.05, 3.63) is 35.4 Å². The summed E-state index contributed by atoms with van der Waals surface area (Å²) in [5, 5.41) is 15.1. The van der Waals surface area contributed by atoms with Crippen molar-refractivity contribution in [1.29, 1.82) is 0 Å². The molecule has 0 aliphatic rings. The molecule has 162 valence electrons. The number of hydrogen-bond acceptors (Lipinski definition) is 5. The second-order valence-corrected chi connectivity index (χ2v) is 7.12. The molecule has 7 nitrogen and oxygen atoms in total. The quantitative estimate of drug-likeness (QED) is 0.356. The van der Waals surface area contributed by atoms with E-state index in [9.17, 15) is 22.8 Å². The lowest BCUT2D eigenvalue weighted by molar-refractivity contribution is -0.138. The number of oxime groups is 1. The average molecular weight is 418 g/mol. The molecule has 1 amide bonds. The summed E-state index contributed by atoms with van der Waals surface area (Å²) < 4.78 is 43.2. The third kappa shape index (κ3) is 10.4. The number of nitrogens with one attached hydrogen (secondary N) is 1. The van der Waals surface area contributed by atoms with Crippen LogP contribution >= 0.6 is 0 Å². The Bertz CT molecular complexity index is 710. The lowest BCUT2D eigenvalue weighted by Crippen LogP contribution is -2.34. The number of aliphatic carboxylic acids is 1. The van der Waals surface area contributed by atoms with Gasteiger partial charge in [-0.1, -0.05) is 17.3 Å². The Morgan fingerprint density at radius 2 is 1.72 bits per heavy atom. The number of nitrogens with zero attached hydrogens (tertiary/aromatic N) is 1. The highest BCUT2D eigenvalue weighted by atomic mass is 19.4. The van der Waals surface area contributed by atoms with E-state index < -0.39 is 29.4 Å². The fraction of sp³-hybridized carbons (Fsp3) is 0.526. The number of rotatable bonds is 9. The molecule has 2 N–H and O–H groups in total. The fourth-order valence-electron chi connectivity index (χ4n) is 2.14. The molecule has 0 spiro atoms. The first-order valence-electron chi connectivity index (χ1n) is 8.93. The second-order valence-electron chi connectivity index (χ2n) is 7.12. The molecular weight excluding hydrogens is 393 g/mol. The van der Waals surface area contributed by atoms with Gasteiger partial charge < -0.3 is 20.0 Å². The molecule has 1 aromatic rings. The number of carboxylic acids is 1. The highest BCUT2D eigenvalue weighted by Gasteiger charge is 2.30. The number of alkyl carbamates (subject to hydrolysis) is 1. The molecule has 0 bridgehead atoms. The molecule has 0 aliphatic carbocycles. The maximum absolute atomic E-state index is 12.7. The van der Waals surface area contributed by atoms with Crippen molar-refractivity contribution in [1.82, 2.24) is 5.32 Å². The van der Waals surface area contributed by atoms with Gasteiger partial charge in [0.05, 0.1) is 17.8 Å². The summed E-state index contributed by atoms with van der Waals surface area (Å²) in [6.07, 6.45) is -4.73. The fourth-order valence-corrected chi connectivity index (χ4v) is 2.14. The Balaban J connectivity index is 2.69. The van der Waals surface area contributed by atoms with E-state index in [1.807, 2.05) is 0 Å². The van der Waals surface area contributed by atoms with Gasteiger partial charge in [-0.05, 0) is 51.3 Å². The molecule has 0 heterocycles. The standard InChI is InChI=1S/C19H25F3N2O5/c1-18(2,3)29-17(27)23-11-12-28-24-15(5-4-6-16(25)26)13-7-9-14(10-8-13)19(20,21)22/h7-10H,4-6,11-12H2,1-3H3,(H,23,27)(H,25,26)/b24-15-. The van der Waals surface area contributed by atoms with Crippen LogP contribution in [0.5, 0.6) is 0 Å². The largest absolute Gasteiger partial charge is 0.481 e. The summed E-state index contributed by atoms with van der Waals surface area (Å²) in [5.41, 5.74) is -0.724. The molecule has 0 aromatic heterocycles. The third-order valence-corrected chi connectivity index (χ3v) is 3.39. The summed E-state index contributed by atoms with van der Waals surface area (Å²) in [6, 6.07) is 4.35. The maximum atomic E-state index is 12.7. The first kappa shape index (κ1) is 24.3. The van der Waals surface area contributed by atoms with Crippen LogP contribution < -0.4 is 5.32 Å². The number of carbonyl (C=O) groups excluding carboxylic acids is 1. The Hall–Kier alpha value is -2.78. The average Bonchev–Trinajstić information content (AvgIpc) is 2.57. The molecule has 29 heavy (non-hydrogen) atoms. The van der Waals surface area contributed by atoms with E-state index in [0.29, 0.717) is 11.3 Å². The number of carboxylic acid groups (broad SMARTS) is 1. The maximum Gasteiger partial charge on any atom is 0.416 e. The SMILES string of the molecule is CC(C)(C)OC(=O)NCCO/N=C(/CCCC(=O)O)c1ccc(C(F)(F)F)cc1. The molecule has 0 fully saturated rings. The second kappa shape index (κ2) is 10.7. The van der Waals surface area contributed by atoms with E-state index in [1.165, 1.54) is 12.1 Å². The highest BCUT2D eigenvalue weighted by molar-refractivity contribution is 6.00. The molecule has 0 atom stereocenters. The van der Waals surface area contributed by atoms with Gasteiger partial charge in [-0.25, -0.2) is 4.79 Å². The van der Waals surface area contributed by atoms with E-state index in [0.717, 1.165) is 12.1 Å². The number of benzene rings is 1. The molecule has 1 aromatic carbocycles. The summed E-state index contributed by atoms with van der Waals surface area (Å²) in [7, 11) is 0. The first-order chi connectivity index (χ1) is 13.4. The zero-order chi connectivity index (χ0) is 22.1. The van der Waals surface area contributed by atoms with Crippen LogP contribution in [0.4, 0.5) is 18.0 Å². The van der Waals surface area contributed by atoms with Crippen LogP contribution in [0.15, 0.2) is 29.4 Å². The number of halogens is 3. The molecule has 0 aliphatic heterocycles. The van der Waals surface area contributed by atoms with Crippen LogP contribution in [-0.4, -0.2) is 41.6 Å². The van der Waals surface area contributed by atoms with Crippen LogP contribution in [0.1, 0.15) is 51.2 Å². The smallest absolute Gasteiger partial charge is 0.416 e. The van der Waals surface area contributed by atoms with Gasteiger partial charge in [0, 0.05) is 6.42 Å². The topological polar surface area (TPSA) is 97.2 Å². The minimum atomic E-state index is -4.46. The van der Waals surface area contributed by atoms with E-state index in [-0.39, 0.29) is 32.4 Å². The lowest BCUT2D eigenvalue weighted by Gasteiger charge is -2.19. The van der Waals surface area contributed by atoms with Crippen LogP contribution in [-0.2, 0) is 20.5 Å². The van der Waals surface area contributed by atoms with E-state index in [1.54, 1.807) is 20.8 Å². The van der Waals surface area contributed by atoms with Crippen molar-refractivity contribution in [3.8, 4) is 0 Å². The number of ether oxygens (including phenoxy) is 1. The van der Waals surface area contributed by atoms with Crippen LogP contribution in [0.3, 0.4) is 0 Å². The molecule has 1 rings (SSSR count). The van der Waals surface area contributed by atoms with Gasteiger partial charge in [0.2, 0.25) is 0 Å². The van der Waals surface area contributed by atoms with Gasteiger partial charge in [0.25, 0.3) is 0 Å². The molecule has 0 unspecified atom stereocenters. The molecule has 0 saturated carbocycles.